The molecule has 2 rings (SSSR count). The van der Waals surface area contributed by atoms with Gasteiger partial charge in [-0.25, -0.2) is 0 Å². The Morgan fingerprint density at radius 2 is 2.04 bits per heavy atom. The Labute approximate surface area is 153 Å². The topological polar surface area (TPSA) is 90.7 Å². The number of benzene rings is 2. The fraction of sp³-hybridized carbons (Fsp3) is 0.235. The summed E-state index contributed by atoms with van der Waals surface area (Å²) in [4.78, 5) is 23.0. The van der Waals surface area contributed by atoms with Gasteiger partial charge in [0.15, 0.2) is 5.78 Å². The average Bonchev–Trinajstić information content (AvgIpc) is 2.60. The van der Waals surface area contributed by atoms with Crippen molar-refractivity contribution in [1.82, 2.24) is 0 Å². The molecule has 0 bridgehead atoms. The van der Waals surface area contributed by atoms with Gasteiger partial charge in [0.1, 0.15) is 17.2 Å². The van der Waals surface area contributed by atoms with Crippen LogP contribution in [0.3, 0.4) is 0 Å². The van der Waals surface area contributed by atoms with Crippen LogP contribution in [0.5, 0.6) is 11.5 Å². The lowest BCUT2D eigenvalue weighted by Crippen LogP contribution is -2.15. The maximum Gasteiger partial charge on any atom is 0.296 e. The average molecular weight is 409 g/mol. The molecule has 0 heterocycles. The van der Waals surface area contributed by atoms with Gasteiger partial charge in [-0.2, -0.15) is 0 Å². The van der Waals surface area contributed by atoms with Gasteiger partial charge in [-0.05, 0) is 53.2 Å². The van der Waals surface area contributed by atoms with Crippen molar-refractivity contribution < 1.29 is 19.2 Å². The standard InChI is InChI=1S/C17H17BrN2O5/c1-3-25-12-5-6-14(15(9-12)20(22)23)19-10-16(21)11-4-7-17(24-2)13(18)8-11/h4-9,19H,3,10H2,1-2H3. The number of ketones is 1. The van der Waals surface area contributed by atoms with Crippen LogP contribution in [-0.2, 0) is 0 Å². The molecule has 2 aromatic carbocycles. The number of nitro benzene ring substituents is 1. The minimum Gasteiger partial charge on any atom is -0.496 e. The molecule has 2 aromatic rings. The second kappa shape index (κ2) is 8.48. The normalized spacial score (nSPS) is 10.2. The number of nitrogens with zero attached hydrogens (tertiary/aromatic N) is 1. The van der Waals surface area contributed by atoms with Gasteiger partial charge < -0.3 is 14.8 Å². The number of nitro groups is 1. The zero-order valence-electron chi connectivity index (χ0n) is 13.7. The maximum atomic E-state index is 12.3. The van der Waals surface area contributed by atoms with Crippen LogP contribution in [0.15, 0.2) is 40.9 Å². The first-order valence-electron chi connectivity index (χ1n) is 7.48. The maximum absolute atomic E-state index is 12.3. The first kappa shape index (κ1) is 18.7. The molecular weight excluding hydrogens is 392 g/mol. The lowest BCUT2D eigenvalue weighted by molar-refractivity contribution is -0.384. The number of hydrogen-bond donors (Lipinski definition) is 1. The van der Waals surface area contributed by atoms with Gasteiger partial charge in [0.2, 0.25) is 0 Å². The second-order valence-electron chi connectivity index (χ2n) is 5.00. The summed E-state index contributed by atoms with van der Waals surface area (Å²) >= 11 is 3.32. The highest BCUT2D eigenvalue weighted by Gasteiger charge is 2.17. The summed E-state index contributed by atoms with van der Waals surface area (Å²) < 4.78 is 11.0. The summed E-state index contributed by atoms with van der Waals surface area (Å²) in [5, 5.41) is 14.0. The summed E-state index contributed by atoms with van der Waals surface area (Å²) in [5.41, 5.74) is 0.581. The third-order valence-electron chi connectivity index (χ3n) is 3.39. The zero-order chi connectivity index (χ0) is 18.4. The smallest absolute Gasteiger partial charge is 0.296 e. The second-order valence-corrected chi connectivity index (χ2v) is 5.85. The molecule has 0 aliphatic carbocycles. The van der Waals surface area contributed by atoms with Gasteiger partial charge in [0, 0.05) is 5.56 Å². The quantitative estimate of drug-likeness (QED) is 0.402. The molecule has 0 unspecified atom stereocenters. The predicted molar refractivity (Wildman–Crippen MR) is 97.8 cm³/mol. The van der Waals surface area contributed by atoms with E-state index in [0.29, 0.717) is 28.1 Å². The number of carbonyl (C=O) groups is 1. The van der Waals surface area contributed by atoms with Crippen LogP contribution in [-0.4, -0.2) is 31.0 Å². The van der Waals surface area contributed by atoms with Crippen molar-refractivity contribution >= 4 is 33.1 Å². The van der Waals surface area contributed by atoms with E-state index in [1.54, 1.807) is 31.2 Å². The molecule has 1 N–H and O–H groups in total. The highest BCUT2D eigenvalue weighted by Crippen LogP contribution is 2.29. The van der Waals surface area contributed by atoms with Gasteiger partial charge >= 0.3 is 0 Å². The highest BCUT2D eigenvalue weighted by atomic mass is 79.9. The number of carbonyl (C=O) groups excluding carboxylic acids is 1. The Balaban J connectivity index is 2.13. The molecule has 0 amide bonds. The third kappa shape index (κ3) is 4.69. The minimum atomic E-state index is -0.515. The Bertz CT molecular complexity index is 795. The van der Waals surface area contributed by atoms with Crippen LogP contribution in [0.25, 0.3) is 0 Å². The van der Waals surface area contributed by atoms with Crippen molar-refractivity contribution in [2.45, 2.75) is 6.92 Å². The van der Waals surface area contributed by atoms with E-state index in [1.165, 1.54) is 19.2 Å². The van der Waals surface area contributed by atoms with Crippen molar-refractivity contribution in [2.75, 3.05) is 25.6 Å². The fourth-order valence-electron chi connectivity index (χ4n) is 2.19. The summed E-state index contributed by atoms with van der Waals surface area (Å²) in [6.07, 6.45) is 0. The van der Waals surface area contributed by atoms with E-state index in [1.807, 2.05) is 0 Å². The lowest BCUT2D eigenvalue weighted by atomic mass is 10.1. The van der Waals surface area contributed by atoms with E-state index in [0.717, 1.165) is 0 Å². The number of rotatable bonds is 8. The first-order valence-corrected chi connectivity index (χ1v) is 8.27. The number of methoxy groups -OCH3 is 1. The molecule has 0 saturated carbocycles. The van der Waals surface area contributed by atoms with Crippen LogP contribution in [0.2, 0.25) is 0 Å². The molecule has 0 spiro atoms. The SMILES string of the molecule is CCOc1ccc(NCC(=O)c2ccc(OC)c(Br)c2)c([N+](=O)[O-])c1. The molecule has 0 saturated heterocycles. The molecule has 25 heavy (non-hydrogen) atoms. The number of ether oxygens (including phenoxy) is 2. The summed E-state index contributed by atoms with van der Waals surface area (Å²) in [5.74, 6) is 0.823. The number of anilines is 1. The Hall–Kier alpha value is -2.61. The van der Waals surface area contributed by atoms with Crippen LogP contribution in [0, 0.1) is 10.1 Å². The largest absolute Gasteiger partial charge is 0.496 e. The molecule has 0 radical (unpaired) electrons. The van der Waals surface area contributed by atoms with Crippen LogP contribution in [0.1, 0.15) is 17.3 Å². The van der Waals surface area contributed by atoms with E-state index in [-0.39, 0.29) is 23.7 Å². The molecule has 0 aromatic heterocycles. The van der Waals surface area contributed by atoms with Crippen molar-refractivity contribution in [3.05, 3.63) is 56.5 Å². The van der Waals surface area contributed by atoms with Gasteiger partial charge in [0.05, 0.1) is 35.7 Å². The van der Waals surface area contributed by atoms with E-state index >= 15 is 0 Å². The molecule has 0 aliphatic rings. The van der Waals surface area contributed by atoms with Crippen molar-refractivity contribution in [3.8, 4) is 11.5 Å². The molecular formula is C17H17BrN2O5. The Kier molecular flexibility index (Phi) is 6.35. The van der Waals surface area contributed by atoms with Crippen molar-refractivity contribution in [1.29, 1.82) is 0 Å². The van der Waals surface area contributed by atoms with Crippen LogP contribution < -0.4 is 14.8 Å². The lowest BCUT2D eigenvalue weighted by Gasteiger charge is -2.09. The molecule has 0 fully saturated rings. The Morgan fingerprint density at radius 1 is 1.28 bits per heavy atom. The summed E-state index contributed by atoms with van der Waals surface area (Å²) in [6, 6.07) is 9.44. The highest BCUT2D eigenvalue weighted by molar-refractivity contribution is 9.10. The number of nitrogens with one attached hydrogen (secondary N) is 1. The third-order valence-corrected chi connectivity index (χ3v) is 4.01. The van der Waals surface area contributed by atoms with E-state index < -0.39 is 4.92 Å². The minimum absolute atomic E-state index is 0.0758. The van der Waals surface area contributed by atoms with Crippen LogP contribution >= 0.6 is 15.9 Å². The Morgan fingerprint density at radius 3 is 2.64 bits per heavy atom. The van der Waals surface area contributed by atoms with Crippen LogP contribution in [0.4, 0.5) is 11.4 Å². The summed E-state index contributed by atoms with van der Waals surface area (Å²) in [7, 11) is 1.54. The number of hydrogen-bond acceptors (Lipinski definition) is 6. The van der Waals surface area contributed by atoms with Gasteiger partial charge in [-0.3, -0.25) is 14.9 Å². The number of halogens is 1. The predicted octanol–water partition coefficient (Wildman–Crippen LogP) is 4.06. The van der Waals surface area contributed by atoms with Gasteiger partial charge in [-0.15, -0.1) is 0 Å². The molecule has 0 aliphatic heterocycles. The molecule has 8 heteroatoms. The van der Waals surface area contributed by atoms with E-state index in [2.05, 4.69) is 21.2 Å². The molecule has 0 atom stereocenters. The van der Waals surface area contributed by atoms with Crippen molar-refractivity contribution in [3.63, 3.8) is 0 Å². The monoisotopic (exact) mass is 408 g/mol. The molecule has 132 valence electrons. The first-order chi connectivity index (χ1) is 12.0. The summed E-state index contributed by atoms with van der Waals surface area (Å²) in [6.45, 7) is 2.13. The molecule has 7 nitrogen and oxygen atoms in total. The fourth-order valence-corrected chi connectivity index (χ4v) is 2.73. The van der Waals surface area contributed by atoms with E-state index in [9.17, 15) is 14.9 Å². The van der Waals surface area contributed by atoms with E-state index in [4.69, 9.17) is 9.47 Å². The number of Topliss-reactive ketones (excluding diaryl/α,β-unsaturated/α-hetero) is 1. The van der Waals surface area contributed by atoms with Crippen molar-refractivity contribution in [2.24, 2.45) is 0 Å². The zero-order valence-corrected chi connectivity index (χ0v) is 15.3. The van der Waals surface area contributed by atoms with Gasteiger partial charge in [-0.1, -0.05) is 0 Å². The van der Waals surface area contributed by atoms with Gasteiger partial charge in [0.25, 0.3) is 5.69 Å².